The molecule has 0 aliphatic heterocycles. The van der Waals surface area contributed by atoms with E-state index in [-0.39, 0.29) is 11.5 Å². The molecule has 0 radical (unpaired) electrons. The van der Waals surface area contributed by atoms with Crippen LogP contribution in [-0.2, 0) is 6.42 Å². The van der Waals surface area contributed by atoms with Crippen LogP contribution < -0.4 is 0 Å². The molecular formula is C10H9NO3. The standard InChI is InChI=1S/C10H9NO3/c1-6-4-7(11(13)14)5-9-8(6)2-3-10(9)12/h4-5H,2-3H2,1H3. The lowest BCUT2D eigenvalue weighted by Crippen LogP contribution is -1.96. The minimum Gasteiger partial charge on any atom is -0.294 e. The normalized spacial score (nSPS) is 14.2. The molecule has 0 spiro atoms. The highest BCUT2D eigenvalue weighted by Gasteiger charge is 2.24. The van der Waals surface area contributed by atoms with Gasteiger partial charge in [-0.15, -0.1) is 0 Å². The van der Waals surface area contributed by atoms with Crippen LogP contribution in [0.25, 0.3) is 0 Å². The van der Waals surface area contributed by atoms with Gasteiger partial charge in [-0.2, -0.15) is 0 Å². The summed E-state index contributed by atoms with van der Waals surface area (Å²) in [6, 6.07) is 2.91. The fourth-order valence-electron chi connectivity index (χ4n) is 1.86. The number of nitrogens with zero attached hydrogens (tertiary/aromatic N) is 1. The molecule has 1 aromatic carbocycles. The highest BCUT2D eigenvalue weighted by molar-refractivity contribution is 6.01. The average molecular weight is 191 g/mol. The highest BCUT2D eigenvalue weighted by atomic mass is 16.6. The molecule has 4 heteroatoms. The minimum absolute atomic E-state index is 0.0106. The molecule has 1 aliphatic rings. The Morgan fingerprint density at radius 1 is 1.36 bits per heavy atom. The number of non-ortho nitro benzene ring substituents is 1. The van der Waals surface area contributed by atoms with E-state index in [1.165, 1.54) is 12.1 Å². The van der Waals surface area contributed by atoms with Gasteiger partial charge in [0, 0.05) is 24.1 Å². The Balaban J connectivity index is 2.64. The van der Waals surface area contributed by atoms with E-state index in [9.17, 15) is 14.9 Å². The van der Waals surface area contributed by atoms with E-state index in [0.717, 1.165) is 17.5 Å². The molecule has 14 heavy (non-hydrogen) atoms. The molecular weight excluding hydrogens is 182 g/mol. The maximum Gasteiger partial charge on any atom is 0.270 e. The zero-order valence-corrected chi connectivity index (χ0v) is 7.74. The van der Waals surface area contributed by atoms with Crippen LogP contribution >= 0.6 is 0 Å². The van der Waals surface area contributed by atoms with Gasteiger partial charge >= 0.3 is 0 Å². The molecule has 0 aromatic heterocycles. The van der Waals surface area contributed by atoms with E-state index < -0.39 is 4.92 Å². The van der Waals surface area contributed by atoms with Crippen LogP contribution in [0.3, 0.4) is 0 Å². The summed E-state index contributed by atoms with van der Waals surface area (Å²) in [6.45, 7) is 1.81. The van der Waals surface area contributed by atoms with E-state index in [1.807, 2.05) is 6.92 Å². The molecule has 0 unspecified atom stereocenters. The van der Waals surface area contributed by atoms with E-state index in [0.29, 0.717) is 12.0 Å². The SMILES string of the molecule is Cc1cc([N+](=O)[O-])cc2c1CCC2=O. The summed E-state index contributed by atoms with van der Waals surface area (Å²) in [5.74, 6) is 0.0202. The number of hydrogen-bond acceptors (Lipinski definition) is 3. The Kier molecular flexibility index (Phi) is 1.84. The van der Waals surface area contributed by atoms with Gasteiger partial charge in [0.25, 0.3) is 5.69 Å². The molecule has 0 fully saturated rings. The largest absolute Gasteiger partial charge is 0.294 e. The lowest BCUT2D eigenvalue weighted by molar-refractivity contribution is -0.384. The first kappa shape index (κ1) is 8.87. The van der Waals surface area contributed by atoms with Crippen molar-refractivity contribution in [1.29, 1.82) is 0 Å². The van der Waals surface area contributed by atoms with Crippen molar-refractivity contribution in [3.05, 3.63) is 38.9 Å². The summed E-state index contributed by atoms with van der Waals surface area (Å²) in [5.41, 5.74) is 2.37. The molecule has 1 aliphatic carbocycles. The minimum atomic E-state index is -0.459. The molecule has 0 amide bonds. The van der Waals surface area contributed by atoms with Gasteiger partial charge in [-0.3, -0.25) is 14.9 Å². The fourth-order valence-corrected chi connectivity index (χ4v) is 1.86. The first-order valence-electron chi connectivity index (χ1n) is 4.40. The van der Waals surface area contributed by atoms with Crippen molar-refractivity contribution >= 4 is 11.5 Å². The number of nitro groups is 1. The number of carbonyl (C=O) groups is 1. The van der Waals surface area contributed by atoms with E-state index in [1.54, 1.807) is 0 Å². The number of benzene rings is 1. The summed E-state index contributed by atoms with van der Waals surface area (Å²) in [6.07, 6.45) is 1.20. The maximum atomic E-state index is 11.4. The third-order valence-corrected chi connectivity index (χ3v) is 2.57. The van der Waals surface area contributed by atoms with Crippen molar-refractivity contribution < 1.29 is 9.72 Å². The Labute approximate surface area is 80.7 Å². The number of ketones is 1. The van der Waals surface area contributed by atoms with Crippen molar-refractivity contribution in [2.75, 3.05) is 0 Å². The number of Topliss-reactive ketones (excluding diaryl/α,β-unsaturated/α-hetero) is 1. The second-order valence-electron chi connectivity index (χ2n) is 3.47. The van der Waals surface area contributed by atoms with Gasteiger partial charge in [-0.1, -0.05) is 0 Å². The molecule has 0 heterocycles. The smallest absolute Gasteiger partial charge is 0.270 e. The van der Waals surface area contributed by atoms with Crippen molar-refractivity contribution in [2.24, 2.45) is 0 Å². The summed E-state index contributed by atoms with van der Waals surface area (Å²) >= 11 is 0. The van der Waals surface area contributed by atoms with E-state index in [2.05, 4.69) is 0 Å². The first-order chi connectivity index (χ1) is 6.59. The molecule has 0 saturated carbocycles. The van der Waals surface area contributed by atoms with Crippen LogP contribution in [0.1, 0.15) is 27.9 Å². The molecule has 0 saturated heterocycles. The van der Waals surface area contributed by atoms with Gasteiger partial charge in [0.2, 0.25) is 0 Å². The second kappa shape index (κ2) is 2.90. The summed E-state index contributed by atoms with van der Waals surface area (Å²) < 4.78 is 0. The van der Waals surface area contributed by atoms with Crippen LogP contribution in [-0.4, -0.2) is 10.7 Å². The zero-order valence-electron chi connectivity index (χ0n) is 7.74. The second-order valence-corrected chi connectivity index (χ2v) is 3.47. The topological polar surface area (TPSA) is 60.2 Å². The maximum absolute atomic E-state index is 11.4. The molecule has 72 valence electrons. The number of carbonyl (C=O) groups excluding carboxylic acids is 1. The van der Waals surface area contributed by atoms with Crippen LogP contribution in [0.15, 0.2) is 12.1 Å². The lowest BCUT2D eigenvalue weighted by atomic mass is 10.0. The van der Waals surface area contributed by atoms with Crippen LogP contribution in [0, 0.1) is 17.0 Å². The molecule has 0 atom stereocenters. The number of rotatable bonds is 1. The molecule has 0 N–H and O–H groups in total. The van der Waals surface area contributed by atoms with E-state index in [4.69, 9.17) is 0 Å². The number of hydrogen-bond donors (Lipinski definition) is 0. The molecule has 0 bridgehead atoms. The zero-order chi connectivity index (χ0) is 10.3. The van der Waals surface area contributed by atoms with Gasteiger partial charge in [0.15, 0.2) is 5.78 Å². The summed E-state index contributed by atoms with van der Waals surface area (Å²) in [5, 5.41) is 10.6. The lowest BCUT2D eigenvalue weighted by Gasteiger charge is -2.01. The van der Waals surface area contributed by atoms with Gasteiger partial charge in [0.05, 0.1) is 4.92 Å². The van der Waals surface area contributed by atoms with Crippen LogP contribution in [0.4, 0.5) is 5.69 Å². The highest BCUT2D eigenvalue weighted by Crippen LogP contribution is 2.29. The molecule has 2 rings (SSSR count). The summed E-state index contributed by atoms with van der Waals surface area (Å²) in [7, 11) is 0. The summed E-state index contributed by atoms with van der Waals surface area (Å²) in [4.78, 5) is 21.5. The Bertz CT molecular complexity index is 437. The number of nitro benzene ring substituents is 1. The van der Waals surface area contributed by atoms with E-state index >= 15 is 0 Å². The quantitative estimate of drug-likeness (QED) is 0.504. The first-order valence-corrected chi connectivity index (χ1v) is 4.40. The van der Waals surface area contributed by atoms with Gasteiger partial charge in [-0.05, 0) is 24.5 Å². The average Bonchev–Trinajstić information content (AvgIpc) is 2.48. The predicted molar refractivity (Wildman–Crippen MR) is 50.5 cm³/mol. The Hall–Kier alpha value is -1.71. The van der Waals surface area contributed by atoms with Gasteiger partial charge in [0.1, 0.15) is 0 Å². The monoisotopic (exact) mass is 191 g/mol. The fraction of sp³-hybridized carbons (Fsp3) is 0.300. The van der Waals surface area contributed by atoms with Crippen molar-refractivity contribution in [3.8, 4) is 0 Å². The Morgan fingerprint density at radius 3 is 2.71 bits per heavy atom. The van der Waals surface area contributed by atoms with Crippen LogP contribution in [0.5, 0.6) is 0 Å². The van der Waals surface area contributed by atoms with Gasteiger partial charge in [-0.25, -0.2) is 0 Å². The van der Waals surface area contributed by atoms with Crippen molar-refractivity contribution in [2.45, 2.75) is 19.8 Å². The number of aryl methyl sites for hydroxylation is 1. The number of fused-ring (bicyclic) bond motifs is 1. The van der Waals surface area contributed by atoms with Crippen LogP contribution in [0.2, 0.25) is 0 Å². The Morgan fingerprint density at radius 2 is 2.07 bits per heavy atom. The third kappa shape index (κ3) is 1.19. The molecule has 4 nitrogen and oxygen atoms in total. The predicted octanol–water partition coefficient (Wildman–Crippen LogP) is 2.03. The van der Waals surface area contributed by atoms with Gasteiger partial charge < -0.3 is 0 Å². The van der Waals surface area contributed by atoms with Crippen molar-refractivity contribution in [1.82, 2.24) is 0 Å². The van der Waals surface area contributed by atoms with Crippen molar-refractivity contribution in [3.63, 3.8) is 0 Å². The third-order valence-electron chi connectivity index (χ3n) is 2.57. The molecule has 1 aromatic rings.